The van der Waals surface area contributed by atoms with E-state index in [1.54, 1.807) is 12.1 Å². The average Bonchev–Trinajstić information content (AvgIpc) is 2.97. The fourth-order valence-corrected chi connectivity index (χ4v) is 3.86. The van der Waals surface area contributed by atoms with Gasteiger partial charge in [-0.2, -0.15) is 24.9 Å². The van der Waals surface area contributed by atoms with Crippen molar-refractivity contribution in [2.45, 2.75) is 46.0 Å². The molecule has 0 atom stereocenters. The van der Waals surface area contributed by atoms with Crippen LogP contribution in [0.2, 0.25) is 0 Å². The molecule has 2 aromatic rings. The highest BCUT2D eigenvalue weighted by molar-refractivity contribution is 7.84. The monoisotopic (exact) mass is 381 g/mol. The molecule has 0 amide bonds. The molecule has 2 rings (SSSR count). The van der Waals surface area contributed by atoms with Crippen molar-refractivity contribution >= 4 is 27.4 Å². The Kier molecular flexibility index (Phi) is 6.03. The molecule has 5 nitrogen and oxygen atoms in total. The van der Waals surface area contributed by atoms with Crippen LogP contribution in [0, 0.1) is 0 Å². The summed E-state index contributed by atoms with van der Waals surface area (Å²) in [7, 11) is -4.19. The van der Waals surface area contributed by atoms with E-state index in [1.165, 1.54) is 11.3 Å². The van der Waals surface area contributed by atoms with Gasteiger partial charge in [0.05, 0.1) is 0 Å². The SMILES string of the molecule is CC(C)c1ccc(C(=O)Cc2ccsc2)c(C(C)C)c1OS(N)(=O)=O. The fourth-order valence-electron chi connectivity index (χ4n) is 2.77. The second-order valence-corrected chi connectivity index (χ2v) is 8.49. The average molecular weight is 382 g/mol. The Hall–Kier alpha value is -1.70. The quantitative estimate of drug-likeness (QED) is 0.734. The number of thiophene rings is 1. The van der Waals surface area contributed by atoms with E-state index < -0.39 is 10.3 Å². The Morgan fingerprint density at radius 3 is 2.32 bits per heavy atom. The van der Waals surface area contributed by atoms with Crippen LogP contribution in [0.3, 0.4) is 0 Å². The maximum atomic E-state index is 12.8. The minimum Gasteiger partial charge on any atom is -0.370 e. The van der Waals surface area contributed by atoms with Gasteiger partial charge in [-0.15, -0.1) is 0 Å². The molecule has 1 heterocycles. The number of hydrogen-bond donors (Lipinski definition) is 1. The lowest BCUT2D eigenvalue weighted by molar-refractivity contribution is 0.0991. The molecule has 0 aliphatic heterocycles. The first kappa shape index (κ1) is 19.6. The molecular weight excluding hydrogens is 358 g/mol. The summed E-state index contributed by atoms with van der Waals surface area (Å²) in [6.07, 6.45) is 0.263. The normalized spacial score (nSPS) is 12.0. The summed E-state index contributed by atoms with van der Waals surface area (Å²) in [4.78, 5) is 12.8. The van der Waals surface area contributed by atoms with Crippen molar-refractivity contribution in [1.82, 2.24) is 0 Å². The van der Waals surface area contributed by atoms with Crippen molar-refractivity contribution in [2.75, 3.05) is 0 Å². The van der Waals surface area contributed by atoms with Gasteiger partial charge in [-0.3, -0.25) is 4.79 Å². The van der Waals surface area contributed by atoms with E-state index in [0.29, 0.717) is 16.7 Å². The van der Waals surface area contributed by atoms with E-state index in [4.69, 9.17) is 9.32 Å². The minimum absolute atomic E-state index is 0.0234. The van der Waals surface area contributed by atoms with Crippen LogP contribution in [0.1, 0.15) is 66.6 Å². The standard InChI is InChI=1S/C18H23NO4S2/c1-11(2)14-5-6-15(16(20)9-13-7-8-24-10-13)17(12(3)4)18(14)23-25(19,21)22/h5-8,10-12H,9H2,1-4H3,(H2,19,21,22). The predicted octanol–water partition coefficient (Wildman–Crippen LogP) is 4.00. The van der Waals surface area contributed by atoms with Crippen LogP contribution >= 0.6 is 11.3 Å². The Balaban J connectivity index is 2.60. The molecule has 0 aliphatic carbocycles. The molecule has 25 heavy (non-hydrogen) atoms. The molecule has 0 bridgehead atoms. The van der Waals surface area contributed by atoms with Crippen molar-refractivity contribution in [3.8, 4) is 5.75 Å². The topological polar surface area (TPSA) is 86.5 Å². The number of hydrogen-bond acceptors (Lipinski definition) is 5. The molecule has 1 aromatic heterocycles. The fraction of sp³-hybridized carbons (Fsp3) is 0.389. The van der Waals surface area contributed by atoms with Gasteiger partial charge in [0.1, 0.15) is 0 Å². The molecule has 1 aromatic carbocycles. The summed E-state index contributed by atoms with van der Waals surface area (Å²) in [6.45, 7) is 7.66. The van der Waals surface area contributed by atoms with Crippen molar-refractivity contribution in [1.29, 1.82) is 0 Å². The van der Waals surface area contributed by atoms with Crippen molar-refractivity contribution in [3.63, 3.8) is 0 Å². The van der Waals surface area contributed by atoms with Crippen LogP contribution < -0.4 is 9.32 Å². The second kappa shape index (κ2) is 7.68. The van der Waals surface area contributed by atoms with E-state index in [9.17, 15) is 13.2 Å². The zero-order chi connectivity index (χ0) is 18.8. The summed E-state index contributed by atoms with van der Waals surface area (Å²) in [5, 5.41) is 8.96. The van der Waals surface area contributed by atoms with Crippen LogP contribution in [-0.4, -0.2) is 14.2 Å². The highest BCUT2D eigenvalue weighted by Crippen LogP contribution is 2.38. The molecule has 0 fully saturated rings. The Morgan fingerprint density at radius 2 is 1.84 bits per heavy atom. The Morgan fingerprint density at radius 1 is 1.16 bits per heavy atom. The van der Waals surface area contributed by atoms with E-state index in [2.05, 4.69) is 0 Å². The molecule has 0 unspecified atom stereocenters. The summed E-state index contributed by atoms with van der Waals surface area (Å²) < 4.78 is 28.2. The van der Waals surface area contributed by atoms with Crippen LogP contribution in [0.15, 0.2) is 29.0 Å². The van der Waals surface area contributed by atoms with E-state index >= 15 is 0 Å². The third-order valence-corrected chi connectivity index (χ3v) is 5.00. The molecule has 2 N–H and O–H groups in total. The first-order valence-electron chi connectivity index (χ1n) is 8.03. The molecule has 136 valence electrons. The van der Waals surface area contributed by atoms with Gasteiger partial charge in [0.25, 0.3) is 0 Å². The third kappa shape index (κ3) is 4.90. The summed E-state index contributed by atoms with van der Waals surface area (Å²) in [5.74, 6) is 0.0347. The van der Waals surface area contributed by atoms with Crippen molar-refractivity contribution in [3.05, 3.63) is 51.2 Å². The maximum absolute atomic E-state index is 12.8. The molecule has 7 heteroatoms. The van der Waals surface area contributed by atoms with E-state index in [-0.39, 0.29) is 29.8 Å². The van der Waals surface area contributed by atoms with E-state index in [1.807, 2.05) is 44.5 Å². The van der Waals surface area contributed by atoms with Gasteiger partial charge in [-0.25, -0.2) is 0 Å². The smallest absolute Gasteiger partial charge is 0.370 e. The molecular formula is C18H23NO4S2. The largest absolute Gasteiger partial charge is 0.380 e. The highest BCUT2D eigenvalue weighted by atomic mass is 32.2. The summed E-state index contributed by atoms with van der Waals surface area (Å²) in [5.41, 5.74) is 2.71. The van der Waals surface area contributed by atoms with Crippen LogP contribution in [-0.2, 0) is 16.7 Å². The Labute approximate surface area is 153 Å². The van der Waals surface area contributed by atoms with Crippen molar-refractivity contribution < 1.29 is 17.4 Å². The van der Waals surface area contributed by atoms with Crippen LogP contribution in [0.4, 0.5) is 0 Å². The lowest BCUT2D eigenvalue weighted by Gasteiger charge is -2.21. The predicted molar refractivity (Wildman–Crippen MR) is 101 cm³/mol. The van der Waals surface area contributed by atoms with E-state index in [0.717, 1.165) is 5.56 Å². The Bertz CT molecular complexity index is 853. The highest BCUT2D eigenvalue weighted by Gasteiger charge is 2.25. The minimum atomic E-state index is -4.19. The number of carbonyl (C=O) groups excluding carboxylic acids is 1. The molecule has 0 spiro atoms. The lowest BCUT2D eigenvalue weighted by Crippen LogP contribution is -2.22. The number of benzene rings is 1. The first-order chi connectivity index (χ1) is 11.6. The zero-order valence-electron chi connectivity index (χ0n) is 14.8. The third-order valence-electron chi connectivity index (χ3n) is 3.87. The van der Waals surface area contributed by atoms with Crippen molar-refractivity contribution in [2.24, 2.45) is 5.14 Å². The second-order valence-electron chi connectivity index (χ2n) is 6.56. The molecule has 0 aliphatic rings. The summed E-state index contributed by atoms with van der Waals surface area (Å²) >= 11 is 1.53. The molecule has 0 saturated heterocycles. The van der Waals surface area contributed by atoms with Gasteiger partial charge in [-0.1, -0.05) is 39.8 Å². The van der Waals surface area contributed by atoms with Gasteiger partial charge in [0.2, 0.25) is 0 Å². The first-order valence-corrected chi connectivity index (χ1v) is 10.4. The maximum Gasteiger partial charge on any atom is 0.380 e. The van der Waals surface area contributed by atoms with Gasteiger partial charge in [0.15, 0.2) is 11.5 Å². The van der Waals surface area contributed by atoms with Gasteiger partial charge in [0, 0.05) is 17.5 Å². The molecule has 0 radical (unpaired) electrons. The van der Waals surface area contributed by atoms with Crippen LogP contribution in [0.5, 0.6) is 5.75 Å². The number of carbonyl (C=O) groups is 1. The lowest BCUT2D eigenvalue weighted by atomic mass is 9.87. The summed E-state index contributed by atoms with van der Waals surface area (Å²) in [6, 6.07) is 5.41. The number of Topliss-reactive ketones (excluding diaryl/α,β-unsaturated/α-hetero) is 1. The number of nitrogens with two attached hydrogens (primary N) is 1. The zero-order valence-corrected chi connectivity index (χ0v) is 16.4. The molecule has 0 saturated carbocycles. The van der Waals surface area contributed by atoms with Gasteiger partial charge < -0.3 is 4.18 Å². The number of rotatable bonds is 7. The number of ketones is 1. The van der Waals surface area contributed by atoms with Crippen LogP contribution in [0.25, 0.3) is 0 Å². The van der Waals surface area contributed by atoms with Gasteiger partial charge in [-0.05, 0) is 39.8 Å². The van der Waals surface area contributed by atoms with Gasteiger partial charge >= 0.3 is 10.3 Å².